The Morgan fingerprint density at radius 2 is 1.70 bits per heavy atom. The van der Waals surface area contributed by atoms with Gasteiger partial charge in [-0.2, -0.15) is 0 Å². The second kappa shape index (κ2) is 13.5. The van der Waals surface area contributed by atoms with E-state index in [1.807, 2.05) is 30.3 Å². The molecule has 1 aromatic rings. The Balaban J connectivity index is 1.76. The lowest BCUT2D eigenvalue weighted by atomic mass is 9.99. The van der Waals surface area contributed by atoms with E-state index < -0.39 is 36.7 Å². The van der Waals surface area contributed by atoms with Crippen LogP contribution in [0.5, 0.6) is 0 Å². The van der Waals surface area contributed by atoms with Crippen LogP contribution in [0.2, 0.25) is 0 Å². The summed E-state index contributed by atoms with van der Waals surface area (Å²) in [5, 5.41) is 30.3. The number of aliphatic hydroxyl groups is 3. The first-order valence-corrected chi connectivity index (χ1v) is 10.7. The molecule has 0 spiro atoms. The summed E-state index contributed by atoms with van der Waals surface area (Å²) in [5.74, 6) is -0.597. The van der Waals surface area contributed by atoms with E-state index in [0.29, 0.717) is 6.61 Å². The van der Waals surface area contributed by atoms with Crippen molar-refractivity contribution in [3.63, 3.8) is 0 Å². The monoisotopic (exact) mass is 422 g/mol. The lowest BCUT2D eigenvalue weighted by molar-refractivity contribution is -0.301. The zero-order valence-corrected chi connectivity index (χ0v) is 17.6. The van der Waals surface area contributed by atoms with Crippen LogP contribution >= 0.6 is 0 Å². The molecule has 1 aromatic carbocycles. The zero-order valence-electron chi connectivity index (χ0n) is 17.6. The molecule has 1 aliphatic rings. The third-order valence-electron chi connectivity index (χ3n) is 5.05. The summed E-state index contributed by atoms with van der Waals surface area (Å²) in [5.41, 5.74) is 0.852. The molecule has 0 unspecified atom stereocenters. The fourth-order valence-electron chi connectivity index (χ4n) is 3.21. The molecule has 168 valence electrons. The van der Waals surface area contributed by atoms with Gasteiger partial charge in [0.25, 0.3) is 0 Å². The summed E-state index contributed by atoms with van der Waals surface area (Å²) in [4.78, 5) is 11.9. The summed E-state index contributed by atoms with van der Waals surface area (Å²) in [6, 6.07) is 9.29. The molecule has 1 saturated heterocycles. The number of esters is 1. The van der Waals surface area contributed by atoms with Gasteiger partial charge in [-0.05, 0) is 18.1 Å². The quantitative estimate of drug-likeness (QED) is 0.270. The number of aliphatic hydroxyl groups excluding tert-OH is 3. The predicted molar refractivity (Wildman–Crippen MR) is 112 cm³/mol. The van der Waals surface area contributed by atoms with Gasteiger partial charge in [-0.3, -0.25) is 0 Å². The molecule has 3 N–H and O–H groups in total. The number of carbonyl (C=O) groups is 1. The molecule has 0 saturated carbocycles. The van der Waals surface area contributed by atoms with E-state index >= 15 is 0 Å². The number of ether oxygens (including phenoxy) is 3. The molecular weight excluding hydrogens is 388 g/mol. The minimum absolute atomic E-state index is 0.264. The van der Waals surface area contributed by atoms with Crippen molar-refractivity contribution >= 4 is 12.0 Å². The maximum atomic E-state index is 11.9. The Labute approximate surface area is 178 Å². The Kier molecular flexibility index (Phi) is 11.0. The summed E-state index contributed by atoms with van der Waals surface area (Å²) >= 11 is 0. The normalized spacial score (nSPS) is 26.7. The van der Waals surface area contributed by atoms with Crippen molar-refractivity contribution in [2.75, 3.05) is 13.2 Å². The molecule has 1 heterocycles. The third kappa shape index (κ3) is 8.16. The maximum absolute atomic E-state index is 11.9. The molecule has 2 rings (SSSR count). The van der Waals surface area contributed by atoms with Crippen molar-refractivity contribution in [1.29, 1.82) is 0 Å². The van der Waals surface area contributed by atoms with Crippen molar-refractivity contribution in [2.45, 2.75) is 76.2 Å². The topological polar surface area (TPSA) is 105 Å². The van der Waals surface area contributed by atoms with Crippen LogP contribution < -0.4 is 0 Å². The zero-order chi connectivity index (χ0) is 21.8. The van der Waals surface area contributed by atoms with Crippen LogP contribution in [0.1, 0.15) is 51.0 Å². The van der Waals surface area contributed by atoms with Crippen molar-refractivity contribution in [2.24, 2.45) is 0 Å². The highest BCUT2D eigenvalue weighted by Gasteiger charge is 2.44. The van der Waals surface area contributed by atoms with Gasteiger partial charge in [0.05, 0.1) is 0 Å². The Hall–Kier alpha value is -1.77. The van der Waals surface area contributed by atoms with Gasteiger partial charge in [-0.1, -0.05) is 69.4 Å². The van der Waals surface area contributed by atoms with E-state index in [0.717, 1.165) is 24.8 Å². The van der Waals surface area contributed by atoms with E-state index in [-0.39, 0.29) is 6.61 Å². The van der Waals surface area contributed by atoms with Gasteiger partial charge < -0.3 is 29.5 Å². The summed E-state index contributed by atoms with van der Waals surface area (Å²) in [6.07, 6.45) is 3.17. The molecule has 7 nitrogen and oxygen atoms in total. The number of carbonyl (C=O) groups excluding carboxylic acids is 1. The van der Waals surface area contributed by atoms with Crippen LogP contribution in [-0.4, -0.2) is 65.2 Å². The van der Waals surface area contributed by atoms with E-state index in [4.69, 9.17) is 14.2 Å². The van der Waals surface area contributed by atoms with Crippen molar-refractivity contribution in [3.8, 4) is 0 Å². The Morgan fingerprint density at radius 3 is 2.43 bits per heavy atom. The molecule has 5 atom stereocenters. The van der Waals surface area contributed by atoms with E-state index in [1.54, 1.807) is 6.08 Å². The van der Waals surface area contributed by atoms with E-state index in [9.17, 15) is 20.1 Å². The summed E-state index contributed by atoms with van der Waals surface area (Å²) < 4.78 is 16.2. The number of benzene rings is 1. The number of hydrogen-bond acceptors (Lipinski definition) is 7. The maximum Gasteiger partial charge on any atom is 0.330 e. The predicted octanol–water partition coefficient (Wildman–Crippen LogP) is 2.43. The average molecular weight is 423 g/mol. The Morgan fingerprint density at radius 1 is 1.00 bits per heavy atom. The van der Waals surface area contributed by atoms with Gasteiger partial charge in [-0.15, -0.1) is 0 Å². The molecule has 1 fully saturated rings. The van der Waals surface area contributed by atoms with Crippen LogP contribution in [0.4, 0.5) is 0 Å². The first-order valence-electron chi connectivity index (χ1n) is 10.7. The van der Waals surface area contributed by atoms with E-state index in [2.05, 4.69) is 6.92 Å². The summed E-state index contributed by atoms with van der Waals surface area (Å²) in [7, 11) is 0. The van der Waals surface area contributed by atoms with Gasteiger partial charge >= 0.3 is 5.97 Å². The van der Waals surface area contributed by atoms with Gasteiger partial charge in [0.2, 0.25) is 0 Å². The van der Waals surface area contributed by atoms with Crippen LogP contribution in [0.15, 0.2) is 36.4 Å². The van der Waals surface area contributed by atoms with Crippen molar-refractivity contribution in [3.05, 3.63) is 42.0 Å². The third-order valence-corrected chi connectivity index (χ3v) is 5.05. The average Bonchev–Trinajstić information content (AvgIpc) is 2.76. The van der Waals surface area contributed by atoms with Crippen molar-refractivity contribution in [1.82, 2.24) is 0 Å². The molecule has 30 heavy (non-hydrogen) atoms. The van der Waals surface area contributed by atoms with Gasteiger partial charge in [0.15, 0.2) is 6.29 Å². The molecular formula is C23H34O7. The van der Waals surface area contributed by atoms with Gasteiger partial charge in [0.1, 0.15) is 31.0 Å². The van der Waals surface area contributed by atoms with Crippen LogP contribution in [0.3, 0.4) is 0 Å². The first kappa shape index (κ1) is 24.5. The van der Waals surface area contributed by atoms with Crippen LogP contribution in [0.25, 0.3) is 6.08 Å². The molecule has 1 aliphatic heterocycles. The molecule has 0 bridgehead atoms. The highest BCUT2D eigenvalue weighted by atomic mass is 16.7. The Bertz CT molecular complexity index is 634. The van der Waals surface area contributed by atoms with Crippen LogP contribution in [0, 0.1) is 0 Å². The van der Waals surface area contributed by atoms with Gasteiger partial charge in [0, 0.05) is 12.7 Å². The number of hydrogen-bond donors (Lipinski definition) is 3. The second-order valence-electron chi connectivity index (χ2n) is 7.53. The number of rotatable bonds is 12. The summed E-state index contributed by atoms with van der Waals surface area (Å²) in [6.45, 7) is 2.28. The largest absolute Gasteiger partial charge is 0.460 e. The highest BCUT2D eigenvalue weighted by Crippen LogP contribution is 2.23. The lowest BCUT2D eigenvalue weighted by Gasteiger charge is -2.39. The van der Waals surface area contributed by atoms with Crippen LogP contribution in [-0.2, 0) is 19.0 Å². The van der Waals surface area contributed by atoms with E-state index in [1.165, 1.54) is 25.3 Å². The minimum atomic E-state index is -1.45. The van der Waals surface area contributed by atoms with Crippen molar-refractivity contribution < 1.29 is 34.3 Å². The fraction of sp³-hybridized carbons (Fsp3) is 0.609. The fourth-order valence-corrected chi connectivity index (χ4v) is 3.21. The lowest BCUT2D eigenvalue weighted by Crippen LogP contribution is -2.59. The number of unbranched alkanes of at least 4 members (excludes halogenated alkanes) is 5. The standard InChI is InChI=1S/C23H34O7/c1-2-3-4-5-6-10-15-28-23-22(27)21(26)20(25)18(30-23)16-29-19(24)14-13-17-11-8-7-9-12-17/h7-9,11-14,18,20-23,25-27H,2-6,10,15-16H2,1H3/b14-13+/t18-,20-,21+,22-,23-/m1/s1. The molecule has 0 aromatic heterocycles. The first-order chi connectivity index (χ1) is 14.5. The molecule has 0 radical (unpaired) electrons. The smallest absolute Gasteiger partial charge is 0.330 e. The molecule has 0 amide bonds. The highest BCUT2D eigenvalue weighted by molar-refractivity contribution is 5.87. The molecule has 0 aliphatic carbocycles. The second-order valence-corrected chi connectivity index (χ2v) is 7.53. The van der Waals surface area contributed by atoms with Gasteiger partial charge in [-0.25, -0.2) is 4.79 Å². The molecule has 7 heteroatoms. The SMILES string of the molecule is CCCCCCCCO[C@@H]1O[C@H](COC(=O)/C=C/c2ccccc2)[C@@H](O)[C@H](O)[C@H]1O. The minimum Gasteiger partial charge on any atom is -0.460 e.